The topological polar surface area (TPSA) is 58.2 Å². The van der Waals surface area contributed by atoms with Gasteiger partial charge in [0.1, 0.15) is 4.21 Å². The Morgan fingerprint density at radius 1 is 1.47 bits per heavy atom. The van der Waals surface area contributed by atoms with Crippen LogP contribution in [0, 0.1) is 0 Å². The van der Waals surface area contributed by atoms with E-state index in [1.165, 1.54) is 11.3 Å². The van der Waals surface area contributed by atoms with Crippen molar-refractivity contribution >= 4 is 33.1 Å². The Labute approximate surface area is 123 Å². The molecule has 1 heterocycles. The van der Waals surface area contributed by atoms with Gasteiger partial charge >= 0.3 is 0 Å². The Morgan fingerprint density at radius 2 is 2.26 bits per heavy atom. The lowest BCUT2D eigenvalue weighted by molar-refractivity contribution is 0.557. The first-order chi connectivity index (χ1) is 9.06. The first-order valence-corrected chi connectivity index (χ1v) is 9.99. The molecule has 1 saturated carbocycles. The molecule has 4 nitrogen and oxygen atoms in total. The normalized spacial score (nSPS) is 23.9. The molecule has 1 aliphatic carbocycles. The highest BCUT2D eigenvalue weighted by molar-refractivity contribution is 7.99. The van der Waals surface area contributed by atoms with Gasteiger partial charge in [0, 0.05) is 17.8 Å². The van der Waals surface area contributed by atoms with Crippen molar-refractivity contribution in [3.63, 3.8) is 0 Å². The summed E-state index contributed by atoms with van der Waals surface area (Å²) in [5.41, 5.74) is 1.01. The first kappa shape index (κ1) is 15.3. The molecular formula is C12H20N2O2S3. The Balaban J connectivity index is 2.08. The second kappa shape index (κ2) is 6.58. The number of thiophene rings is 1. The third kappa shape index (κ3) is 3.72. The fourth-order valence-electron chi connectivity index (χ4n) is 2.39. The number of hydrogen-bond donors (Lipinski definition) is 2. The van der Waals surface area contributed by atoms with E-state index < -0.39 is 10.0 Å². The van der Waals surface area contributed by atoms with E-state index in [1.54, 1.807) is 17.8 Å². The van der Waals surface area contributed by atoms with Crippen LogP contribution in [0.25, 0.3) is 0 Å². The summed E-state index contributed by atoms with van der Waals surface area (Å²) >= 11 is 3.05. The van der Waals surface area contributed by atoms with Crippen LogP contribution in [0.2, 0.25) is 0 Å². The van der Waals surface area contributed by atoms with E-state index in [-0.39, 0.29) is 6.04 Å². The molecule has 1 aromatic heterocycles. The van der Waals surface area contributed by atoms with Crippen molar-refractivity contribution in [1.82, 2.24) is 10.0 Å². The van der Waals surface area contributed by atoms with Crippen molar-refractivity contribution in [2.75, 3.05) is 13.3 Å². The van der Waals surface area contributed by atoms with Gasteiger partial charge < -0.3 is 5.32 Å². The molecule has 0 spiro atoms. The Morgan fingerprint density at radius 3 is 2.95 bits per heavy atom. The van der Waals surface area contributed by atoms with Gasteiger partial charge in [-0.2, -0.15) is 11.8 Å². The van der Waals surface area contributed by atoms with Gasteiger partial charge in [0.25, 0.3) is 0 Å². The summed E-state index contributed by atoms with van der Waals surface area (Å²) in [5.74, 6) is 0. The van der Waals surface area contributed by atoms with E-state index in [2.05, 4.69) is 10.0 Å². The molecule has 2 rings (SSSR count). The van der Waals surface area contributed by atoms with Gasteiger partial charge in [-0.1, -0.05) is 6.42 Å². The molecule has 2 N–H and O–H groups in total. The van der Waals surface area contributed by atoms with Crippen LogP contribution in [0.1, 0.15) is 24.8 Å². The van der Waals surface area contributed by atoms with E-state index in [0.29, 0.717) is 16.0 Å². The maximum atomic E-state index is 12.3. The zero-order valence-corrected chi connectivity index (χ0v) is 13.6. The average Bonchev–Trinajstić information content (AvgIpc) is 2.98. The molecule has 108 valence electrons. The number of hydrogen-bond acceptors (Lipinski definition) is 5. The van der Waals surface area contributed by atoms with E-state index >= 15 is 0 Å². The van der Waals surface area contributed by atoms with Crippen LogP contribution in [0.15, 0.2) is 15.7 Å². The van der Waals surface area contributed by atoms with Crippen LogP contribution >= 0.6 is 23.1 Å². The maximum absolute atomic E-state index is 12.3. The Bertz CT molecular complexity index is 513. The summed E-state index contributed by atoms with van der Waals surface area (Å²) in [4.78, 5) is 0. The van der Waals surface area contributed by atoms with Crippen molar-refractivity contribution < 1.29 is 8.42 Å². The van der Waals surface area contributed by atoms with Crippen molar-refractivity contribution in [3.8, 4) is 0 Å². The summed E-state index contributed by atoms with van der Waals surface area (Å²) in [6.45, 7) is 0.697. The van der Waals surface area contributed by atoms with Crippen molar-refractivity contribution in [2.24, 2.45) is 0 Å². The number of rotatable bonds is 6. The molecule has 0 aromatic carbocycles. The maximum Gasteiger partial charge on any atom is 0.250 e. The average molecular weight is 321 g/mol. The molecule has 1 aliphatic rings. The minimum atomic E-state index is -3.36. The van der Waals surface area contributed by atoms with Gasteiger partial charge in [0.05, 0.1) is 0 Å². The monoisotopic (exact) mass is 320 g/mol. The quantitative estimate of drug-likeness (QED) is 0.842. The fraction of sp³-hybridized carbons (Fsp3) is 0.667. The Kier molecular flexibility index (Phi) is 5.30. The number of sulfonamides is 1. The largest absolute Gasteiger partial charge is 0.316 e. The van der Waals surface area contributed by atoms with E-state index in [0.717, 1.165) is 24.8 Å². The molecule has 0 radical (unpaired) electrons. The van der Waals surface area contributed by atoms with Gasteiger partial charge in [-0.3, -0.25) is 0 Å². The second-order valence-electron chi connectivity index (χ2n) is 4.74. The molecule has 19 heavy (non-hydrogen) atoms. The van der Waals surface area contributed by atoms with Gasteiger partial charge in [-0.15, -0.1) is 11.3 Å². The van der Waals surface area contributed by atoms with E-state index in [4.69, 9.17) is 0 Å². The van der Waals surface area contributed by atoms with Crippen molar-refractivity contribution in [1.29, 1.82) is 0 Å². The SMILES string of the molecule is CNCc1csc(S(=O)(=O)NC2CCCC2SC)c1. The Hall–Kier alpha value is -0.0800. The van der Waals surface area contributed by atoms with Crippen LogP contribution in [-0.4, -0.2) is 33.0 Å². The second-order valence-corrected chi connectivity index (χ2v) is 8.67. The number of nitrogens with one attached hydrogen (secondary N) is 2. The van der Waals surface area contributed by atoms with Crippen LogP contribution in [0.4, 0.5) is 0 Å². The van der Waals surface area contributed by atoms with Gasteiger partial charge in [-0.25, -0.2) is 13.1 Å². The highest BCUT2D eigenvalue weighted by atomic mass is 32.2. The molecule has 0 aliphatic heterocycles. The molecule has 0 amide bonds. The first-order valence-electron chi connectivity index (χ1n) is 6.34. The molecule has 7 heteroatoms. The zero-order chi connectivity index (χ0) is 13.9. The third-order valence-corrected chi connectivity index (χ3v) is 7.49. The van der Waals surface area contributed by atoms with Crippen LogP contribution in [0.3, 0.4) is 0 Å². The molecule has 1 fully saturated rings. The van der Waals surface area contributed by atoms with Crippen molar-refractivity contribution in [3.05, 3.63) is 17.0 Å². The fourth-order valence-corrected chi connectivity index (χ4v) is 5.95. The zero-order valence-electron chi connectivity index (χ0n) is 11.2. The van der Waals surface area contributed by atoms with Crippen molar-refractivity contribution in [2.45, 2.75) is 41.3 Å². The molecule has 0 bridgehead atoms. The molecular weight excluding hydrogens is 300 g/mol. The molecule has 1 aromatic rings. The van der Waals surface area contributed by atoms with E-state index in [1.807, 2.05) is 18.7 Å². The lowest BCUT2D eigenvalue weighted by Crippen LogP contribution is -2.38. The minimum Gasteiger partial charge on any atom is -0.316 e. The highest BCUT2D eigenvalue weighted by Gasteiger charge is 2.31. The summed E-state index contributed by atoms with van der Waals surface area (Å²) in [5, 5.41) is 5.33. The predicted octanol–water partition coefficient (Wildman–Crippen LogP) is 2.03. The lowest BCUT2D eigenvalue weighted by Gasteiger charge is -2.18. The predicted molar refractivity (Wildman–Crippen MR) is 82.3 cm³/mol. The summed E-state index contributed by atoms with van der Waals surface area (Å²) in [6.07, 6.45) is 5.20. The van der Waals surface area contributed by atoms with Crippen LogP contribution in [0.5, 0.6) is 0 Å². The van der Waals surface area contributed by atoms with E-state index in [9.17, 15) is 8.42 Å². The summed E-state index contributed by atoms with van der Waals surface area (Å²) < 4.78 is 28.0. The summed E-state index contributed by atoms with van der Waals surface area (Å²) in [7, 11) is -1.50. The number of thioether (sulfide) groups is 1. The van der Waals surface area contributed by atoms with Gasteiger partial charge in [0.15, 0.2) is 0 Å². The molecule has 2 unspecified atom stereocenters. The smallest absolute Gasteiger partial charge is 0.250 e. The van der Waals surface area contributed by atoms with Crippen LogP contribution in [-0.2, 0) is 16.6 Å². The standard InChI is InChI=1S/C12H20N2O2S3/c1-13-7-9-6-12(18-8-9)19(15,16)14-10-4-3-5-11(10)17-2/h6,8,10-11,13-14H,3-5,7H2,1-2H3. The highest BCUT2D eigenvalue weighted by Crippen LogP contribution is 2.30. The molecule has 2 atom stereocenters. The summed E-state index contributed by atoms with van der Waals surface area (Å²) in [6, 6.07) is 1.84. The van der Waals surface area contributed by atoms with Gasteiger partial charge in [0.2, 0.25) is 10.0 Å². The van der Waals surface area contributed by atoms with Crippen LogP contribution < -0.4 is 10.0 Å². The van der Waals surface area contributed by atoms with Gasteiger partial charge in [-0.05, 0) is 43.2 Å². The lowest BCUT2D eigenvalue weighted by atomic mass is 10.3. The molecule has 0 saturated heterocycles. The minimum absolute atomic E-state index is 0.0786. The third-order valence-electron chi connectivity index (χ3n) is 3.34.